The van der Waals surface area contributed by atoms with Crippen molar-refractivity contribution in [3.63, 3.8) is 0 Å². The molecule has 0 aliphatic rings. The second-order valence-electron chi connectivity index (χ2n) is 1.29. The zero-order valence-electron chi connectivity index (χ0n) is 4.16. The largest absolute Gasteiger partial charge is 0.365 e. The lowest BCUT2D eigenvalue weighted by Crippen LogP contribution is -2.41. The fraction of sp³-hybridized carbons (Fsp3) is 0.250. The topological polar surface area (TPSA) is 83.6 Å². The van der Waals surface area contributed by atoms with Crippen LogP contribution in [0.5, 0.6) is 0 Å². The highest BCUT2D eigenvalue weighted by Gasteiger charge is 2.25. The van der Waals surface area contributed by atoms with E-state index >= 15 is 0 Å². The number of nitrogens with two attached hydrogens (primary N) is 1. The van der Waals surface area contributed by atoms with Crippen LogP contribution in [0.3, 0.4) is 0 Å². The van der Waals surface area contributed by atoms with Crippen LogP contribution in [0.25, 0.3) is 0 Å². The monoisotopic (exact) mass is 117 g/mol. The molecule has 0 aliphatic carbocycles. The fourth-order valence-corrected chi connectivity index (χ4v) is 0.101. The van der Waals surface area contributed by atoms with Gasteiger partial charge < -0.3 is 15.9 Å². The molecule has 4 N–H and O–H groups in total. The van der Waals surface area contributed by atoms with E-state index in [4.69, 9.17) is 10.2 Å². The van der Waals surface area contributed by atoms with Crippen molar-refractivity contribution in [1.29, 1.82) is 0 Å². The fourth-order valence-electron chi connectivity index (χ4n) is 0.101. The van der Waals surface area contributed by atoms with Gasteiger partial charge >= 0.3 is 0 Å². The van der Waals surface area contributed by atoms with Gasteiger partial charge in [0, 0.05) is 0 Å². The average Bonchev–Trinajstić information content (AvgIpc) is 1.67. The maximum Gasteiger partial charge on any atom is 0.281 e. The zero-order valence-corrected chi connectivity index (χ0v) is 4.16. The molecule has 1 amide bonds. The summed E-state index contributed by atoms with van der Waals surface area (Å²) in [6.07, 6.45) is 0.648. The molecule has 0 spiro atoms. The van der Waals surface area contributed by atoms with Gasteiger partial charge in [-0.05, 0) is 6.08 Å². The van der Waals surface area contributed by atoms with Crippen molar-refractivity contribution in [2.75, 3.05) is 0 Å². The number of amides is 1. The molecule has 0 rings (SSSR count). The van der Waals surface area contributed by atoms with E-state index in [9.17, 15) is 4.79 Å². The van der Waals surface area contributed by atoms with Gasteiger partial charge in [-0.15, -0.1) is 0 Å². The van der Waals surface area contributed by atoms with E-state index in [0.717, 1.165) is 0 Å². The van der Waals surface area contributed by atoms with Gasteiger partial charge in [0.15, 0.2) is 0 Å². The second kappa shape index (κ2) is 1.94. The van der Waals surface area contributed by atoms with Crippen molar-refractivity contribution in [3.05, 3.63) is 12.7 Å². The Hall–Kier alpha value is -0.870. The highest BCUT2D eigenvalue weighted by Crippen LogP contribution is 1.95. The number of aliphatic hydroxyl groups is 2. The Morgan fingerprint density at radius 3 is 2.12 bits per heavy atom. The first-order chi connectivity index (χ1) is 3.50. The predicted octanol–water partition coefficient (Wildman–Crippen LogP) is -1.66. The lowest BCUT2D eigenvalue weighted by Gasteiger charge is -2.09. The third kappa shape index (κ3) is 1.32. The summed E-state index contributed by atoms with van der Waals surface area (Å²) in [6, 6.07) is 0. The summed E-state index contributed by atoms with van der Waals surface area (Å²) in [7, 11) is 0. The number of primary amides is 1. The minimum Gasteiger partial charge on any atom is -0.365 e. The first-order valence-corrected chi connectivity index (χ1v) is 1.89. The molecule has 0 atom stereocenters. The highest BCUT2D eigenvalue weighted by molar-refractivity contribution is 5.83. The number of hydrogen-bond acceptors (Lipinski definition) is 3. The van der Waals surface area contributed by atoms with Crippen LogP contribution in [0.4, 0.5) is 0 Å². The number of hydrogen-bond donors (Lipinski definition) is 3. The van der Waals surface area contributed by atoms with E-state index in [1.165, 1.54) is 0 Å². The molecule has 4 nitrogen and oxygen atoms in total. The number of carbonyl (C=O) groups excluding carboxylic acids is 1. The highest BCUT2D eigenvalue weighted by atomic mass is 16.5. The van der Waals surface area contributed by atoms with Gasteiger partial charge in [-0.1, -0.05) is 6.58 Å². The summed E-state index contributed by atoms with van der Waals surface area (Å²) in [6.45, 7) is 2.95. The van der Waals surface area contributed by atoms with Crippen LogP contribution >= 0.6 is 0 Å². The summed E-state index contributed by atoms with van der Waals surface area (Å²) in [5.74, 6) is -3.78. The molecule has 0 aromatic heterocycles. The molecule has 0 saturated carbocycles. The molecule has 46 valence electrons. The summed E-state index contributed by atoms with van der Waals surface area (Å²) in [5.41, 5.74) is 4.47. The van der Waals surface area contributed by atoms with Crippen LogP contribution in [0, 0.1) is 0 Å². The quantitative estimate of drug-likeness (QED) is 0.299. The predicted molar refractivity (Wildman–Crippen MR) is 26.6 cm³/mol. The van der Waals surface area contributed by atoms with Gasteiger partial charge in [-0.2, -0.15) is 0 Å². The number of rotatable bonds is 2. The molecule has 0 fully saturated rings. The first kappa shape index (κ1) is 7.13. The average molecular weight is 117 g/mol. The summed E-state index contributed by atoms with van der Waals surface area (Å²) in [4.78, 5) is 9.90. The van der Waals surface area contributed by atoms with Crippen LogP contribution in [0.2, 0.25) is 0 Å². The maximum absolute atomic E-state index is 9.90. The molecule has 0 radical (unpaired) electrons. The van der Waals surface area contributed by atoms with E-state index in [1.807, 2.05) is 0 Å². The van der Waals surface area contributed by atoms with E-state index < -0.39 is 11.7 Å². The maximum atomic E-state index is 9.90. The Kier molecular flexibility index (Phi) is 1.72. The molecule has 0 saturated heterocycles. The lowest BCUT2D eigenvalue weighted by molar-refractivity contribution is -0.164. The molecule has 0 unspecified atom stereocenters. The van der Waals surface area contributed by atoms with Crippen LogP contribution in [-0.4, -0.2) is 21.9 Å². The van der Waals surface area contributed by atoms with Crippen LogP contribution in [0.1, 0.15) is 0 Å². The van der Waals surface area contributed by atoms with Crippen molar-refractivity contribution in [1.82, 2.24) is 0 Å². The van der Waals surface area contributed by atoms with E-state index in [-0.39, 0.29) is 0 Å². The molecular weight excluding hydrogens is 110 g/mol. The normalized spacial score (nSPS) is 10.8. The van der Waals surface area contributed by atoms with Gasteiger partial charge in [-0.3, -0.25) is 4.79 Å². The number of carbonyl (C=O) groups is 1. The van der Waals surface area contributed by atoms with Crippen molar-refractivity contribution in [3.8, 4) is 0 Å². The Morgan fingerprint density at radius 2 is 2.12 bits per heavy atom. The molecule has 8 heavy (non-hydrogen) atoms. The van der Waals surface area contributed by atoms with Gasteiger partial charge in [-0.25, -0.2) is 0 Å². The summed E-state index contributed by atoms with van der Waals surface area (Å²) in [5, 5.41) is 16.7. The van der Waals surface area contributed by atoms with Crippen molar-refractivity contribution < 1.29 is 15.0 Å². The standard InChI is InChI=1S/C4H7NO3/c1-2-4(7,8)3(5)6/h2,7-8H,1H2,(H2,5,6). The van der Waals surface area contributed by atoms with E-state index in [1.54, 1.807) is 0 Å². The molecule has 0 aromatic rings. The Labute approximate surface area is 46.2 Å². The molecule has 0 heterocycles. The third-order valence-corrected chi connectivity index (χ3v) is 0.647. The van der Waals surface area contributed by atoms with Gasteiger partial charge in [0.2, 0.25) is 0 Å². The Bertz CT molecular complexity index is 118. The lowest BCUT2D eigenvalue weighted by atomic mass is 10.3. The van der Waals surface area contributed by atoms with E-state index in [2.05, 4.69) is 12.3 Å². The van der Waals surface area contributed by atoms with Crippen molar-refractivity contribution in [2.45, 2.75) is 5.79 Å². The van der Waals surface area contributed by atoms with Gasteiger partial charge in [0.1, 0.15) is 0 Å². The van der Waals surface area contributed by atoms with Crippen molar-refractivity contribution in [2.24, 2.45) is 5.73 Å². The summed E-state index contributed by atoms with van der Waals surface area (Å²) < 4.78 is 0. The molecule has 0 aliphatic heterocycles. The molecule has 4 heteroatoms. The molecule has 0 bridgehead atoms. The Balaban J connectivity index is 4.12. The van der Waals surface area contributed by atoms with Gasteiger partial charge in [0.25, 0.3) is 11.7 Å². The SMILES string of the molecule is C=CC(O)(O)C(N)=O. The minimum atomic E-state index is -2.56. The molecular formula is C4H7NO3. The molecule has 0 aromatic carbocycles. The smallest absolute Gasteiger partial charge is 0.281 e. The van der Waals surface area contributed by atoms with Crippen LogP contribution in [-0.2, 0) is 4.79 Å². The second-order valence-corrected chi connectivity index (χ2v) is 1.29. The summed E-state index contributed by atoms with van der Waals surface area (Å²) >= 11 is 0. The zero-order chi connectivity index (χ0) is 6.78. The minimum absolute atomic E-state index is 0.648. The van der Waals surface area contributed by atoms with Gasteiger partial charge in [0.05, 0.1) is 0 Å². The van der Waals surface area contributed by atoms with Crippen LogP contribution < -0.4 is 5.73 Å². The third-order valence-electron chi connectivity index (χ3n) is 0.647. The Morgan fingerprint density at radius 1 is 1.75 bits per heavy atom. The first-order valence-electron chi connectivity index (χ1n) is 1.89. The van der Waals surface area contributed by atoms with E-state index in [0.29, 0.717) is 6.08 Å². The van der Waals surface area contributed by atoms with Crippen LogP contribution in [0.15, 0.2) is 12.7 Å². The van der Waals surface area contributed by atoms with Crippen molar-refractivity contribution >= 4 is 5.91 Å².